The molecule has 12 N–H and O–H groups in total. The van der Waals surface area contributed by atoms with Crippen molar-refractivity contribution < 1.29 is 29.9 Å². The molecule has 10 nitrogen and oxygen atoms in total. The van der Waals surface area contributed by atoms with E-state index in [2.05, 4.69) is 0 Å². The molecule has 1 aliphatic carbocycles. The van der Waals surface area contributed by atoms with Crippen molar-refractivity contribution in [2.45, 2.75) is 67.5 Å². The first-order chi connectivity index (χ1) is 10.3. The number of ether oxygens (including phenoxy) is 2. The second kappa shape index (κ2) is 13.1. The molecule has 1 aliphatic heterocycles. The van der Waals surface area contributed by atoms with E-state index in [9.17, 15) is 20.4 Å². The Bertz CT molecular complexity index is 392. The van der Waals surface area contributed by atoms with Crippen LogP contribution in [0.1, 0.15) is 6.42 Å². The summed E-state index contributed by atoms with van der Waals surface area (Å²) in [7, 11) is 0. The third-order valence-electron chi connectivity index (χ3n) is 4.36. The summed E-state index contributed by atoms with van der Waals surface area (Å²) in [6.07, 6.45) is -7.73. The number of halogens is 4. The number of nitrogens with two attached hydrogens (primary N) is 4. The van der Waals surface area contributed by atoms with E-state index in [1.54, 1.807) is 0 Å². The minimum absolute atomic E-state index is 0. The minimum Gasteiger partial charge on any atom is -0.389 e. The molecule has 0 radical (unpaired) electrons. The standard InChI is InChI=1S/C12H26N4O6.4ClH/c13-2-5-8(18)9(19)6(16)12(21-5)22-11-4(15)1-3(14)7(17)10(11)20;;;;/h3-12,17-20H,1-2,13-16H2;4*1H/t3-,4+,5-,6-,7+,8-,9-,10-,11-,12-;;;;/m1..../s1. The van der Waals surface area contributed by atoms with Gasteiger partial charge in [-0.3, -0.25) is 0 Å². The summed E-state index contributed by atoms with van der Waals surface area (Å²) in [4.78, 5) is 0. The van der Waals surface area contributed by atoms with Crippen LogP contribution in [0.25, 0.3) is 0 Å². The summed E-state index contributed by atoms with van der Waals surface area (Å²) in [5.74, 6) is 0. The molecule has 1 saturated carbocycles. The fourth-order valence-corrected chi connectivity index (χ4v) is 2.89. The summed E-state index contributed by atoms with van der Waals surface area (Å²) in [6, 6.07) is -2.34. The molecule has 0 unspecified atom stereocenters. The van der Waals surface area contributed by atoms with Crippen molar-refractivity contribution >= 4 is 49.6 Å². The van der Waals surface area contributed by atoms with Gasteiger partial charge in [-0.1, -0.05) is 0 Å². The van der Waals surface area contributed by atoms with Crippen molar-refractivity contribution in [3.63, 3.8) is 0 Å². The van der Waals surface area contributed by atoms with E-state index in [-0.39, 0.29) is 62.6 Å². The van der Waals surface area contributed by atoms with Gasteiger partial charge >= 0.3 is 0 Å². The molecule has 0 aromatic heterocycles. The summed E-state index contributed by atoms with van der Waals surface area (Å²) < 4.78 is 11.0. The van der Waals surface area contributed by atoms with E-state index in [1.165, 1.54) is 0 Å². The maximum Gasteiger partial charge on any atom is 0.176 e. The van der Waals surface area contributed by atoms with Crippen LogP contribution in [0.5, 0.6) is 0 Å². The number of aliphatic hydroxyl groups is 4. The van der Waals surface area contributed by atoms with Crippen LogP contribution in [-0.4, -0.2) is 88.0 Å². The monoisotopic (exact) mass is 466 g/mol. The Morgan fingerprint density at radius 1 is 0.808 bits per heavy atom. The number of hydrogen-bond donors (Lipinski definition) is 8. The van der Waals surface area contributed by atoms with Crippen molar-refractivity contribution in [3.8, 4) is 0 Å². The van der Waals surface area contributed by atoms with Crippen molar-refractivity contribution in [2.75, 3.05) is 6.54 Å². The van der Waals surface area contributed by atoms with Crippen LogP contribution < -0.4 is 22.9 Å². The van der Waals surface area contributed by atoms with E-state index in [0.29, 0.717) is 0 Å². The summed E-state index contributed by atoms with van der Waals surface area (Å²) in [5.41, 5.74) is 22.8. The highest BCUT2D eigenvalue weighted by atomic mass is 35.5. The molecule has 2 aliphatic rings. The van der Waals surface area contributed by atoms with Gasteiger partial charge in [-0.15, -0.1) is 49.6 Å². The van der Waals surface area contributed by atoms with Gasteiger partial charge in [-0.05, 0) is 6.42 Å². The van der Waals surface area contributed by atoms with Crippen molar-refractivity contribution in [3.05, 3.63) is 0 Å². The topological polar surface area (TPSA) is 203 Å². The van der Waals surface area contributed by atoms with Gasteiger partial charge < -0.3 is 52.8 Å². The minimum atomic E-state index is -1.31. The maximum absolute atomic E-state index is 10.1. The van der Waals surface area contributed by atoms with Crippen LogP contribution in [0.3, 0.4) is 0 Å². The van der Waals surface area contributed by atoms with Gasteiger partial charge in [0.1, 0.15) is 30.5 Å². The maximum atomic E-state index is 10.1. The van der Waals surface area contributed by atoms with Gasteiger partial charge in [0.05, 0.1) is 12.1 Å². The molecule has 0 bridgehead atoms. The highest BCUT2D eigenvalue weighted by Crippen LogP contribution is 2.26. The number of aliphatic hydroxyl groups excluding tert-OH is 4. The molecule has 0 aromatic carbocycles. The number of rotatable bonds is 3. The predicted molar refractivity (Wildman–Crippen MR) is 104 cm³/mol. The zero-order chi connectivity index (χ0) is 16.6. The highest BCUT2D eigenvalue weighted by Gasteiger charge is 2.47. The Morgan fingerprint density at radius 3 is 1.85 bits per heavy atom. The van der Waals surface area contributed by atoms with Crippen molar-refractivity contribution in [1.82, 2.24) is 0 Å². The fraction of sp³-hybridized carbons (Fsp3) is 1.00. The molecule has 162 valence electrons. The Labute approximate surface area is 176 Å². The third-order valence-corrected chi connectivity index (χ3v) is 4.36. The molecule has 2 rings (SSSR count). The van der Waals surface area contributed by atoms with Crippen LogP contribution in [0, 0.1) is 0 Å². The molecule has 10 atom stereocenters. The Balaban J connectivity index is -0.00000132. The van der Waals surface area contributed by atoms with Crippen LogP contribution in [0.2, 0.25) is 0 Å². The van der Waals surface area contributed by atoms with E-state index < -0.39 is 61.0 Å². The zero-order valence-electron chi connectivity index (χ0n) is 13.7. The second-order valence-corrected chi connectivity index (χ2v) is 5.98. The quantitative estimate of drug-likeness (QED) is 0.206. The lowest BCUT2D eigenvalue weighted by atomic mass is 9.84. The van der Waals surface area contributed by atoms with Crippen molar-refractivity contribution in [1.29, 1.82) is 0 Å². The lowest BCUT2D eigenvalue weighted by Crippen LogP contribution is -2.67. The molecule has 0 spiro atoms. The average molecular weight is 468 g/mol. The zero-order valence-corrected chi connectivity index (χ0v) is 17.0. The van der Waals surface area contributed by atoms with E-state index in [0.717, 1.165) is 0 Å². The highest BCUT2D eigenvalue weighted by molar-refractivity contribution is 5.86. The first-order valence-electron chi connectivity index (χ1n) is 7.28. The first kappa shape index (κ1) is 31.5. The molecular formula is C12H30Cl4N4O6. The van der Waals surface area contributed by atoms with Gasteiger partial charge in [-0.2, -0.15) is 0 Å². The Kier molecular flexibility index (Phi) is 15.8. The molecule has 26 heavy (non-hydrogen) atoms. The average Bonchev–Trinajstić information content (AvgIpc) is 2.49. The largest absolute Gasteiger partial charge is 0.389 e. The molecule has 0 aromatic rings. The molecule has 2 fully saturated rings. The smallest absolute Gasteiger partial charge is 0.176 e. The van der Waals surface area contributed by atoms with Gasteiger partial charge in [0.2, 0.25) is 0 Å². The van der Waals surface area contributed by atoms with E-state index >= 15 is 0 Å². The van der Waals surface area contributed by atoms with Crippen LogP contribution in [-0.2, 0) is 9.47 Å². The third kappa shape index (κ3) is 6.39. The Morgan fingerprint density at radius 2 is 1.35 bits per heavy atom. The van der Waals surface area contributed by atoms with Gasteiger partial charge in [0.15, 0.2) is 6.29 Å². The van der Waals surface area contributed by atoms with Crippen LogP contribution in [0.4, 0.5) is 0 Å². The molecule has 1 saturated heterocycles. The van der Waals surface area contributed by atoms with E-state index in [4.69, 9.17) is 32.4 Å². The summed E-state index contributed by atoms with van der Waals surface area (Å²) in [6.45, 7) is -0.0441. The second-order valence-electron chi connectivity index (χ2n) is 5.98. The van der Waals surface area contributed by atoms with Gasteiger partial charge in [0, 0.05) is 18.6 Å². The van der Waals surface area contributed by atoms with Gasteiger partial charge in [0.25, 0.3) is 0 Å². The lowest BCUT2D eigenvalue weighted by Gasteiger charge is -2.45. The molecule has 14 heteroatoms. The normalized spacial score (nSPS) is 45.2. The van der Waals surface area contributed by atoms with Gasteiger partial charge in [-0.25, -0.2) is 0 Å². The van der Waals surface area contributed by atoms with Crippen molar-refractivity contribution in [2.24, 2.45) is 22.9 Å². The first-order valence-corrected chi connectivity index (χ1v) is 7.28. The summed E-state index contributed by atoms with van der Waals surface area (Å²) in [5, 5.41) is 39.6. The molecule has 1 heterocycles. The fourth-order valence-electron chi connectivity index (χ4n) is 2.89. The SMILES string of the molecule is Cl.Cl.Cl.Cl.NC[C@H]1O[C@H](O[C@H]2[C@H](O)[C@@H](O)[C@H](N)C[C@@H]2N)[C@H](N)[C@@H](O)[C@@H]1O. The van der Waals surface area contributed by atoms with Crippen LogP contribution in [0.15, 0.2) is 0 Å². The predicted octanol–water partition coefficient (Wildman–Crippen LogP) is -3.43. The van der Waals surface area contributed by atoms with E-state index in [1.807, 2.05) is 0 Å². The summed E-state index contributed by atoms with van der Waals surface area (Å²) >= 11 is 0. The molecule has 0 amide bonds. The molecular weight excluding hydrogens is 438 g/mol. The van der Waals surface area contributed by atoms with Crippen LogP contribution >= 0.6 is 49.6 Å². The Hall–Kier alpha value is 0.760. The lowest BCUT2D eigenvalue weighted by molar-refractivity contribution is -0.287. The number of hydrogen-bond acceptors (Lipinski definition) is 10.